The van der Waals surface area contributed by atoms with E-state index in [0.29, 0.717) is 6.54 Å². The molecule has 0 radical (unpaired) electrons. The molecule has 68 valence electrons. The Kier molecular flexibility index (Phi) is 2.41. The van der Waals surface area contributed by atoms with E-state index in [0.717, 1.165) is 5.56 Å². The van der Waals surface area contributed by atoms with E-state index in [4.69, 9.17) is 5.73 Å². The highest BCUT2D eigenvalue weighted by Gasteiger charge is 2.09. The van der Waals surface area contributed by atoms with Crippen LogP contribution in [0.1, 0.15) is 30.4 Å². The van der Waals surface area contributed by atoms with Gasteiger partial charge in [0.25, 0.3) is 0 Å². The van der Waals surface area contributed by atoms with E-state index in [1.807, 2.05) is 12.4 Å². The lowest BCUT2D eigenvalue weighted by Gasteiger charge is -2.07. The fourth-order valence-corrected chi connectivity index (χ4v) is 1.82. The van der Waals surface area contributed by atoms with Gasteiger partial charge in [0.05, 0.1) is 0 Å². The Morgan fingerprint density at radius 2 is 2.38 bits per heavy atom. The van der Waals surface area contributed by atoms with Crippen molar-refractivity contribution in [1.29, 1.82) is 0 Å². The Hall–Kier alpha value is -1.15. The molecular weight excluding hydrogens is 160 g/mol. The smallest absolute Gasteiger partial charge is 0.0318 e. The molecule has 0 saturated carbocycles. The second-order valence-corrected chi connectivity index (χ2v) is 3.36. The third-order valence-electron chi connectivity index (χ3n) is 2.51. The van der Waals surface area contributed by atoms with E-state index < -0.39 is 0 Å². The van der Waals surface area contributed by atoms with Gasteiger partial charge in [-0.25, -0.2) is 0 Å². The van der Waals surface area contributed by atoms with E-state index >= 15 is 0 Å². The van der Waals surface area contributed by atoms with Crippen LogP contribution >= 0.6 is 0 Å². The minimum atomic E-state index is 0.584. The summed E-state index contributed by atoms with van der Waals surface area (Å²) >= 11 is 0. The Morgan fingerprint density at radius 1 is 1.46 bits per heavy atom. The molecule has 2 nitrogen and oxygen atoms in total. The quantitative estimate of drug-likeness (QED) is 0.745. The number of nitrogens with zero attached hydrogens (tertiary/aromatic N) is 1. The molecule has 0 atom stereocenters. The van der Waals surface area contributed by atoms with Crippen molar-refractivity contribution in [2.75, 3.05) is 0 Å². The number of nitrogens with two attached hydrogens (primary N) is 1. The average molecular weight is 174 g/mol. The maximum atomic E-state index is 5.65. The molecule has 2 rings (SSSR count). The molecule has 1 aromatic rings. The van der Waals surface area contributed by atoms with Gasteiger partial charge in [-0.1, -0.05) is 6.08 Å². The molecule has 2 heteroatoms. The lowest BCUT2D eigenvalue weighted by atomic mass is 10.0. The fraction of sp³-hybridized carbons (Fsp3) is 0.364. The summed E-state index contributed by atoms with van der Waals surface area (Å²) in [6.45, 7) is 0.584. The van der Waals surface area contributed by atoms with Gasteiger partial charge in [-0.2, -0.15) is 0 Å². The summed E-state index contributed by atoms with van der Waals surface area (Å²) in [6.07, 6.45) is 9.71. The van der Waals surface area contributed by atoms with Crippen molar-refractivity contribution in [3.8, 4) is 0 Å². The molecule has 0 unspecified atom stereocenters. The van der Waals surface area contributed by atoms with Gasteiger partial charge >= 0.3 is 0 Å². The summed E-state index contributed by atoms with van der Waals surface area (Å²) < 4.78 is 0. The van der Waals surface area contributed by atoms with Gasteiger partial charge in [-0.15, -0.1) is 0 Å². The fourth-order valence-electron chi connectivity index (χ4n) is 1.82. The molecule has 13 heavy (non-hydrogen) atoms. The topological polar surface area (TPSA) is 38.9 Å². The minimum absolute atomic E-state index is 0.584. The first kappa shape index (κ1) is 8.45. The van der Waals surface area contributed by atoms with Crippen LogP contribution in [0.15, 0.2) is 24.5 Å². The van der Waals surface area contributed by atoms with Crippen LogP contribution in [0.5, 0.6) is 0 Å². The molecule has 0 aliphatic heterocycles. The van der Waals surface area contributed by atoms with Gasteiger partial charge in [0.2, 0.25) is 0 Å². The number of hydrogen-bond donors (Lipinski definition) is 1. The van der Waals surface area contributed by atoms with Crippen LogP contribution < -0.4 is 5.73 Å². The van der Waals surface area contributed by atoms with Crippen molar-refractivity contribution in [3.05, 3.63) is 35.7 Å². The van der Waals surface area contributed by atoms with Crippen molar-refractivity contribution in [1.82, 2.24) is 4.98 Å². The normalized spacial score (nSPS) is 15.9. The Bertz CT molecular complexity index is 329. The lowest BCUT2D eigenvalue weighted by molar-refractivity contribution is 0.932. The van der Waals surface area contributed by atoms with Crippen LogP contribution in [0.2, 0.25) is 0 Å². The van der Waals surface area contributed by atoms with Crippen molar-refractivity contribution >= 4 is 5.57 Å². The Morgan fingerprint density at radius 3 is 3.08 bits per heavy atom. The number of aromatic nitrogens is 1. The standard InChI is InChI=1S/C11H14N2/c12-7-10-8-13-6-5-11(10)9-3-1-2-4-9/h3,5-6,8H,1-2,4,7,12H2. The molecule has 0 aromatic carbocycles. The van der Waals surface area contributed by atoms with Crippen molar-refractivity contribution in [2.45, 2.75) is 25.8 Å². The van der Waals surface area contributed by atoms with Crippen LogP contribution in [0.4, 0.5) is 0 Å². The zero-order valence-corrected chi connectivity index (χ0v) is 7.66. The molecule has 2 N–H and O–H groups in total. The van der Waals surface area contributed by atoms with Crippen LogP contribution in [0.3, 0.4) is 0 Å². The molecule has 1 aromatic heterocycles. The minimum Gasteiger partial charge on any atom is -0.326 e. The van der Waals surface area contributed by atoms with E-state index in [1.165, 1.54) is 30.4 Å². The second-order valence-electron chi connectivity index (χ2n) is 3.36. The van der Waals surface area contributed by atoms with Crippen molar-refractivity contribution in [3.63, 3.8) is 0 Å². The van der Waals surface area contributed by atoms with Gasteiger partial charge in [-0.05, 0) is 42.0 Å². The maximum absolute atomic E-state index is 5.65. The van der Waals surface area contributed by atoms with Crippen LogP contribution in [-0.2, 0) is 6.54 Å². The van der Waals surface area contributed by atoms with E-state index in [1.54, 1.807) is 0 Å². The van der Waals surface area contributed by atoms with E-state index in [-0.39, 0.29) is 0 Å². The van der Waals surface area contributed by atoms with Crippen molar-refractivity contribution in [2.24, 2.45) is 5.73 Å². The summed E-state index contributed by atoms with van der Waals surface area (Å²) in [5, 5.41) is 0. The molecular formula is C11H14N2. The zero-order chi connectivity index (χ0) is 9.10. The van der Waals surface area contributed by atoms with Crippen LogP contribution in [-0.4, -0.2) is 4.98 Å². The highest BCUT2D eigenvalue weighted by atomic mass is 14.6. The summed E-state index contributed by atoms with van der Waals surface area (Å²) in [5.41, 5.74) is 9.56. The lowest BCUT2D eigenvalue weighted by Crippen LogP contribution is -2.01. The predicted octanol–water partition coefficient (Wildman–Crippen LogP) is 2.11. The third kappa shape index (κ3) is 1.63. The average Bonchev–Trinajstić information content (AvgIpc) is 2.70. The van der Waals surface area contributed by atoms with Gasteiger partial charge < -0.3 is 5.73 Å². The first-order valence-corrected chi connectivity index (χ1v) is 4.74. The van der Waals surface area contributed by atoms with Crippen molar-refractivity contribution < 1.29 is 0 Å². The highest BCUT2D eigenvalue weighted by molar-refractivity contribution is 5.69. The van der Waals surface area contributed by atoms with Gasteiger partial charge in [0.1, 0.15) is 0 Å². The second kappa shape index (κ2) is 3.71. The highest BCUT2D eigenvalue weighted by Crippen LogP contribution is 2.29. The molecule has 0 fully saturated rings. The summed E-state index contributed by atoms with van der Waals surface area (Å²) in [4.78, 5) is 4.08. The van der Waals surface area contributed by atoms with E-state index in [9.17, 15) is 0 Å². The first-order chi connectivity index (χ1) is 6.42. The number of rotatable bonds is 2. The van der Waals surface area contributed by atoms with Gasteiger partial charge in [-0.3, -0.25) is 4.98 Å². The van der Waals surface area contributed by atoms with Crippen LogP contribution in [0.25, 0.3) is 5.57 Å². The number of hydrogen-bond acceptors (Lipinski definition) is 2. The molecule has 1 heterocycles. The number of allylic oxidation sites excluding steroid dienone is 2. The monoisotopic (exact) mass is 174 g/mol. The predicted molar refractivity (Wildman–Crippen MR) is 54.0 cm³/mol. The molecule has 0 saturated heterocycles. The summed E-state index contributed by atoms with van der Waals surface area (Å²) in [5.74, 6) is 0. The molecule has 0 bridgehead atoms. The number of pyridine rings is 1. The van der Waals surface area contributed by atoms with Crippen LogP contribution in [0, 0.1) is 0 Å². The third-order valence-corrected chi connectivity index (χ3v) is 2.51. The molecule has 0 amide bonds. The van der Waals surface area contributed by atoms with E-state index in [2.05, 4.69) is 17.1 Å². The first-order valence-electron chi connectivity index (χ1n) is 4.74. The maximum Gasteiger partial charge on any atom is 0.0318 e. The molecule has 0 spiro atoms. The Balaban J connectivity index is 2.38. The van der Waals surface area contributed by atoms with Gasteiger partial charge in [0, 0.05) is 18.9 Å². The summed E-state index contributed by atoms with van der Waals surface area (Å²) in [6, 6.07) is 2.07. The SMILES string of the molecule is NCc1cnccc1C1=CCCC1. The molecule has 1 aliphatic rings. The molecule has 1 aliphatic carbocycles. The Labute approximate surface area is 78.5 Å². The largest absolute Gasteiger partial charge is 0.326 e. The summed E-state index contributed by atoms with van der Waals surface area (Å²) in [7, 11) is 0. The van der Waals surface area contributed by atoms with Gasteiger partial charge in [0.15, 0.2) is 0 Å². The zero-order valence-electron chi connectivity index (χ0n) is 7.66.